The Morgan fingerprint density at radius 3 is 2.38 bits per heavy atom. The summed E-state index contributed by atoms with van der Waals surface area (Å²) in [6.07, 6.45) is 3.00. The van der Waals surface area contributed by atoms with Gasteiger partial charge in [0.15, 0.2) is 0 Å². The third-order valence-electron chi connectivity index (χ3n) is 5.10. The quantitative estimate of drug-likeness (QED) is 0.403. The van der Waals surface area contributed by atoms with Gasteiger partial charge < -0.3 is 15.2 Å². The molecule has 0 unspecified atom stereocenters. The number of phenols is 1. The van der Waals surface area contributed by atoms with Crippen molar-refractivity contribution in [3.05, 3.63) is 90.1 Å². The van der Waals surface area contributed by atoms with Crippen LogP contribution < -0.4 is 10.1 Å². The predicted octanol–water partition coefficient (Wildman–Crippen LogP) is 5.38. The van der Waals surface area contributed by atoms with E-state index in [1.165, 1.54) is 12.1 Å². The molecule has 0 spiro atoms. The molecule has 0 radical (unpaired) electrons. The van der Waals surface area contributed by atoms with Gasteiger partial charge in [-0.3, -0.25) is 9.78 Å². The largest absolute Gasteiger partial charge is 0.508 e. The minimum atomic E-state index is -0.538. The van der Waals surface area contributed by atoms with Gasteiger partial charge in [0.2, 0.25) is 5.91 Å². The number of nitrogens with zero attached hydrogens (tertiary/aromatic N) is 3. The molecule has 4 rings (SSSR count). The van der Waals surface area contributed by atoms with Crippen LogP contribution in [-0.2, 0) is 16.6 Å². The highest BCUT2D eigenvalue weighted by Crippen LogP contribution is 2.28. The van der Waals surface area contributed by atoms with Crippen molar-refractivity contribution < 1.29 is 19.0 Å². The van der Waals surface area contributed by atoms with Crippen LogP contribution in [0.25, 0.3) is 5.69 Å². The normalized spacial score (nSPS) is 11.3. The summed E-state index contributed by atoms with van der Waals surface area (Å²) in [5.41, 5.74) is 1.44. The van der Waals surface area contributed by atoms with Crippen LogP contribution in [0.3, 0.4) is 0 Å². The van der Waals surface area contributed by atoms with Gasteiger partial charge in [-0.25, -0.2) is 9.07 Å². The van der Waals surface area contributed by atoms with E-state index < -0.39 is 5.82 Å². The Kier molecular flexibility index (Phi) is 6.32. The van der Waals surface area contributed by atoms with E-state index in [2.05, 4.69) is 15.4 Å². The molecule has 8 heteroatoms. The average Bonchev–Trinajstić information content (AvgIpc) is 3.21. The van der Waals surface area contributed by atoms with Crippen molar-refractivity contribution in [2.75, 3.05) is 5.32 Å². The number of pyridine rings is 1. The Morgan fingerprint density at radius 1 is 1.03 bits per heavy atom. The molecule has 4 aromatic rings. The van der Waals surface area contributed by atoms with Gasteiger partial charge in [-0.1, -0.05) is 26.8 Å². The summed E-state index contributed by atoms with van der Waals surface area (Å²) in [5, 5.41) is 17.1. The molecule has 0 aliphatic carbocycles. The van der Waals surface area contributed by atoms with Gasteiger partial charge in [-0.05, 0) is 48.0 Å². The van der Waals surface area contributed by atoms with Gasteiger partial charge in [0, 0.05) is 29.9 Å². The van der Waals surface area contributed by atoms with Crippen LogP contribution >= 0.6 is 0 Å². The van der Waals surface area contributed by atoms with Crippen LogP contribution in [0.15, 0.2) is 73.1 Å². The Morgan fingerprint density at radius 2 is 1.74 bits per heavy atom. The van der Waals surface area contributed by atoms with E-state index in [0.717, 1.165) is 5.69 Å². The van der Waals surface area contributed by atoms with Gasteiger partial charge in [0.05, 0.1) is 17.8 Å². The second-order valence-electron chi connectivity index (χ2n) is 8.86. The number of benzene rings is 2. The molecule has 2 aromatic carbocycles. The first-order chi connectivity index (χ1) is 16.2. The molecule has 0 saturated carbocycles. The Labute approximate surface area is 196 Å². The third kappa shape index (κ3) is 5.40. The molecule has 2 aromatic heterocycles. The Bertz CT molecular complexity index is 1300. The number of aromatic nitrogens is 3. The molecule has 34 heavy (non-hydrogen) atoms. The average molecular weight is 461 g/mol. The predicted molar refractivity (Wildman–Crippen MR) is 127 cm³/mol. The van der Waals surface area contributed by atoms with E-state index in [-0.39, 0.29) is 29.1 Å². The van der Waals surface area contributed by atoms with Crippen LogP contribution in [0.5, 0.6) is 17.2 Å². The van der Waals surface area contributed by atoms with E-state index in [9.17, 15) is 14.3 Å². The molecule has 0 aliphatic rings. The van der Waals surface area contributed by atoms with Crippen LogP contribution in [0.1, 0.15) is 32.0 Å². The number of hydrogen-bond acceptors (Lipinski definition) is 5. The number of carbonyl (C=O) groups is 1. The van der Waals surface area contributed by atoms with E-state index in [0.29, 0.717) is 23.0 Å². The van der Waals surface area contributed by atoms with Crippen molar-refractivity contribution in [1.29, 1.82) is 0 Å². The minimum Gasteiger partial charge on any atom is -0.508 e. The Balaban J connectivity index is 1.52. The number of carbonyl (C=O) groups excluding carboxylic acids is 1. The highest BCUT2D eigenvalue weighted by Gasteiger charge is 2.22. The zero-order valence-electron chi connectivity index (χ0n) is 19.1. The van der Waals surface area contributed by atoms with E-state index >= 15 is 0 Å². The smallest absolute Gasteiger partial charge is 0.230 e. The fourth-order valence-corrected chi connectivity index (χ4v) is 3.26. The zero-order chi connectivity index (χ0) is 24.3. The molecule has 0 fully saturated rings. The molecule has 7 nitrogen and oxygen atoms in total. The van der Waals surface area contributed by atoms with Gasteiger partial charge in [0.25, 0.3) is 0 Å². The second kappa shape index (κ2) is 9.35. The molecule has 0 saturated heterocycles. The molecule has 1 amide bonds. The fraction of sp³-hybridized carbons (Fsp3) is 0.192. The van der Waals surface area contributed by atoms with Crippen molar-refractivity contribution in [2.45, 2.75) is 32.6 Å². The summed E-state index contributed by atoms with van der Waals surface area (Å²) in [6.45, 7) is 6.06. The number of hydrogen-bond donors (Lipinski definition) is 2. The van der Waals surface area contributed by atoms with Crippen molar-refractivity contribution >= 4 is 11.7 Å². The standard InChI is InChI=1S/C26H25FN4O3/c1-26(2,3)23-16-24(31(30-23)18-5-7-19(32)8-6-18)29-25(33)14-17-4-9-21(15-22(17)27)34-20-10-12-28-13-11-20/h4-13,15-16,32H,14H2,1-3H3,(H,29,33). The number of anilines is 1. The number of nitrogens with one attached hydrogen (secondary N) is 1. The van der Waals surface area contributed by atoms with Crippen LogP contribution in [0.2, 0.25) is 0 Å². The van der Waals surface area contributed by atoms with Crippen molar-refractivity contribution in [1.82, 2.24) is 14.8 Å². The van der Waals surface area contributed by atoms with E-state index in [4.69, 9.17) is 4.74 Å². The highest BCUT2D eigenvalue weighted by atomic mass is 19.1. The van der Waals surface area contributed by atoms with Crippen molar-refractivity contribution in [3.63, 3.8) is 0 Å². The van der Waals surface area contributed by atoms with Crippen molar-refractivity contribution in [3.8, 4) is 22.9 Å². The minimum absolute atomic E-state index is 0.129. The molecule has 2 heterocycles. The van der Waals surface area contributed by atoms with Gasteiger partial charge in [-0.2, -0.15) is 5.10 Å². The number of phenolic OH excluding ortho intramolecular Hbond substituents is 1. The molecule has 0 aliphatic heterocycles. The summed E-state index contributed by atoms with van der Waals surface area (Å²) in [7, 11) is 0. The molecule has 174 valence electrons. The summed E-state index contributed by atoms with van der Waals surface area (Å²) in [4.78, 5) is 16.7. The highest BCUT2D eigenvalue weighted by molar-refractivity contribution is 5.92. The number of halogens is 1. The molecule has 2 N–H and O–H groups in total. The maximum Gasteiger partial charge on any atom is 0.230 e. The zero-order valence-corrected chi connectivity index (χ0v) is 19.1. The van der Waals surface area contributed by atoms with Gasteiger partial charge in [-0.15, -0.1) is 0 Å². The van der Waals surface area contributed by atoms with Gasteiger partial charge in [0.1, 0.15) is 28.9 Å². The molecule has 0 atom stereocenters. The number of aromatic hydroxyl groups is 1. The Hall–Kier alpha value is -4.20. The number of ether oxygens (including phenoxy) is 1. The molecular formula is C26H25FN4O3. The summed E-state index contributed by atoms with van der Waals surface area (Å²) >= 11 is 0. The summed E-state index contributed by atoms with van der Waals surface area (Å²) in [5.74, 6) is 0.527. The van der Waals surface area contributed by atoms with Crippen LogP contribution in [0, 0.1) is 5.82 Å². The maximum absolute atomic E-state index is 14.7. The lowest BCUT2D eigenvalue weighted by molar-refractivity contribution is -0.115. The first kappa shape index (κ1) is 23.0. The summed E-state index contributed by atoms with van der Waals surface area (Å²) < 4.78 is 21.9. The van der Waals surface area contributed by atoms with E-state index in [1.54, 1.807) is 65.6 Å². The summed E-state index contributed by atoms with van der Waals surface area (Å²) in [6, 6.07) is 16.0. The maximum atomic E-state index is 14.7. The third-order valence-corrected chi connectivity index (χ3v) is 5.10. The monoisotopic (exact) mass is 460 g/mol. The first-order valence-corrected chi connectivity index (χ1v) is 10.8. The first-order valence-electron chi connectivity index (χ1n) is 10.8. The molecular weight excluding hydrogens is 435 g/mol. The van der Waals surface area contributed by atoms with E-state index in [1.807, 2.05) is 20.8 Å². The lowest BCUT2D eigenvalue weighted by atomic mass is 9.92. The topological polar surface area (TPSA) is 89.3 Å². The van der Waals surface area contributed by atoms with Crippen molar-refractivity contribution in [2.24, 2.45) is 0 Å². The fourth-order valence-electron chi connectivity index (χ4n) is 3.26. The lowest BCUT2D eigenvalue weighted by Crippen LogP contribution is -2.17. The number of amides is 1. The molecule has 0 bridgehead atoms. The lowest BCUT2D eigenvalue weighted by Gasteiger charge is -2.14. The van der Waals surface area contributed by atoms with Crippen LogP contribution in [0.4, 0.5) is 10.2 Å². The second-order valence-corrected chi connectivity index (χ2v) is 8.86. The SMILES string of the molecule is CC(C)(C)c1cc(NC(=O)Cc2ccc(Oc3ccncc3)cc2F)n(-c2ccc(O)cc2)n1. The van der Waals surface area contributed by atoms with Crippen LogP contribution in [-0.4, -0.2) is 25.8 Å². The van der Waals surface area contributed by atoms with Gasteiger partial charge >= 0.3 is 0 Å². The number of rotatable bonds is 6.